The topological polar surface area (TPSA) is 55.1 Å². The van der Waals surface area contributed by atoms with Gasteiger partial charge < -0.3 is 11.1 Å². The van der Waals surface area contributed by atoms with Gasteiger partial charge >= 0.3 is 0 Å². The minimum absolute atomic E-state index is 0.0275. The van der Waals surface area contributed by atoms with Gasteiger partial charge in [0.25, 0.3) is 0 Å². The average Bonchev–Trinajstić information content (AvgIpc) is 2.99. The fraction of sp³-hybridized carbons (Fsp3) is 0.417. The van der Waals surface area contributed by atoms with E-state index in [0.717, 1.165) is 18.4 Å². The zero-order chi connectivity index (χ0) is 10.9. The zero-order valence-corrected chi connectivity index (χ0v) is 8.86. The van der Waals surface area contributed by atoms with E-state index in [0.29, 0.717) is 0 Å². The number of hydrogen-bond donors (Lipinski definition) is 2. The third kappa shape index (κ3) is 2.18. The van der Waals surface area contributed by atoms with Crippen molar-refractivity contribution in [3.63, 3.8) is 0 Å². The molecule has 1 atom stereocenters. The largest absolute Gasteiger partial charge is 0.348 e. The van der Waals surface area contributed by atoms with Crippen LogP contribution in [0.15, 0.2) is 30.3 Å². The van der Waals surface area contributed by atoms with Crippen LogP contribution in [0, 0.1) is 0 Å². The van der Waals surface area contributed by atoms with Gasteiger partial charge in [0.1, 0.15) is 0 Å². The molecule has 0 saturated heterocycles. The van der Waals surface area contributed by atoms with Gasteiger partial charge in [0.05, 0.1) is 11.6 Å². The molecule has 80 valence electrons. The van der Waals surface area contributed by atoms with E-state index in [2.05, 4.69) is 5.32 Å². The monoisotopic (exact) mass is 204 g/mol. The Morgan fingerprint density at radius 1 is 1.40 bits per heavy atom. The molecule has 1 saturated carbocycles. The molecule has 1 aromatic carbocycles. The summed E-state index contributed by atoms with van der Waals surface area (Å²) in [7, 11) is 0. The Labute approximate surface area is 89.7 Å². The summed E-state index contributed by atoms with van der Waals surface area (Å²) in [4.78, 5) is 11.7. The molecule has 3 nitrogen and oxygen atoms in total. The number of carbonyl (C=O) groups excluding carboxylic acids is 1. The molecular weight excluding hydrogens is 188 g/mol. The summed E-state index contributed by atoms with van der Waals surface area (Å²) in [6, 6.07) is 9.92. The van der Waals surface area contributed by atoms with Crippen molar-refractivity contribution in [2.45, 2.75) is 31.3 Å². The first-order valence-corrected chi connectivity index (χ1v) is 5.27. The molecule has 15 heavy (non-hydrogen) atoms. The van der Waals surface area contributed by atoms with Crippen LogP contribution in [0.4, 0.5) is 0 Å². The third-order valence-corrected chi connectivity index (χ3v) is 2.89. The molecule has 0 spiro atoms. The standard InChI is InChI=1S/C12H16N2O/c1-9(10-5-3-2-4-6-10)14-11(15)12(13)7-8-12/h2-6,9H,7-8,13H2,1H3,(H,14,15)/t9-/m0/s1. The highest BCUT2D eigenvalue weighted by Crippen LogP contribution is 2.32. The van der Waals surface area contributed by atoms with Crippen LogP contribution in [0.3, 0.4) is 0 Å². The number of carbonyl (C=O) groups is 1. The van der Waals surface area contributed by atoms with Gasteiger partial charge in [0.2, 0.25) is 5.91 Å². The van der Waals surface area contributed by atoms with Crippen LogP contribution in [-0.2, 0) is 4.79 Å². The van der Waals surface area contributed by atoms with Crippen molar-refractivity contribution in [3.05, 3.63) is 35.9 Å². The van der Waals surface area contributed by atoms with Crippen molar-refractivity contribution in [1.82, 2.24) is 5.32 Å². The number of amides is 1. The lowest BCUT2D eigenvalue weighted by Crippen LogP contribution is -2.43. The second-order valence-corrected chi connectivity index (χ2v) is 4.26. The van der Waals surface area contributed by atoms with Crippen molar-refractivity contribution < 1.29 is 4.79 Å². The Hall–Kier alpha value is -1.35. The number of nitrogens with two attached hydrogens (primary N) is 1. The number of nitrogens with one attached hydrogen (secondary N) is 1. The predicted molar refractivity (Wildman–Crippen MR) is 59.2 cm³/mol. The maximum atomic E-state index is 11.7. The van der Waals surface area contributed by atoms with E-state index in [1.54, 1.807) is 0 Å². The lowest BCUT2D eigenvalue weighted by atomic mass is 10.1. The first-order chi connectivity index (χ1) is 7.12. The van der Waals surface area contributed by atoms with Gasteiger partial charge in [-0.25, -0.2) is 0 Å². The van der Waals surface area contributed by atoms with Crippen LogP contribution in [0.5, 0.6) is 0 Å². The van der Waals surface area contributed by atoms with Gasteiger partial charge in [0.15, 0.2) is 0 Å². The molecular formula is C12H16N2O. The van der Waals surface area contributed by atoms with E-state index in [9.17, 15) is 4.79 Å². The summed E-state index contributed by atoms with van der Waals surface area (Å²) < 4.78 is 0. The van der Waals surface area contributed by atoms with Crippen molar-refractivity contribution >= 4 is 5.91 Å². The molecule has 3 N–H and O–H groups in total. The van der Waals surface area contributed by atoms with E-state index >= 15 is 0 Å². The summed E-state index contributed by atoms with van der Waals surface area (Å²) in [6.07, 6.45) is 1.61. The first kappa shape index (κ1) is 10.2. The highest BCUT2D eigenvalue weighted by Gasteiger charge is 2.46. The molecule has 1 aliphatic rings. The summed E-state index contributed by atoms with van der Waals surface area (Å²) >= 11 is 0. The minimum atomic E-state index is -0.580. The lowest BCUT2D eigenvalue weighted by Gasteiger charge is -2.17. The first-order valence-electron chi connectivity index (χ1n) is 5.27. The maximum Gasteiger partial charge on any atom is 0.240 e. The van der Waals surface area contributed by atoms with Gasteiger partial charge in [-0.15, -0.1) is 0 Å². The molecule has 1 aliphatic carbocycles. The Balaban J connectivity index is 1.98. The van der Waals surface area contributed by atoms with Crippen LogP contribution >= 0.6 is 0 Å². The quantitative estimate of drug-likeness (QED) is 0.781. The predicted octanol–water partition coefficient (Wildman–Crippen LogP) is 1.36. The van der Waals surface area contributed by atoms with Crippen LogP contribution in [0.1, 0.15) is 31.4 Å². The molecule has 0 bridgehead atoms. The Bertz CT molecular complexity index is 357. The molecule has 0 aliphatic heterocycles. The Morgan fingerprint density at radius 2 is 2.00 bits per heavy atom. The molecule has 0 heterocycles. The second-order valence-electron chi connectivity index (χ2n) is 4.26. The van der Waals surface area contributed by atoms with Crippen LogP contribution in [0.2, 0.25) is 0 Å². The molecule has 0 aromatic heterocycles. The van der Waals surface area contributed by atoms with Gasteiger partial charge in [-0.05, 0) is 25.3 Å². The minimum Gasteiger partial charge on any atom is -0.348 e. The summed E-state index contributed by atoms with van der Waals surface area (Å²) in [6.45, 7) is 1.97. The van der Waals surface area contributed by atoms with Crippen molar-refractivity contribution in [2.24, 2.45) is 5.73 Å². The average molecular weight is 204 g/mol. The molecule has 1 aromatic rings. The van der Waals surface area contributed by atoms with Crippen molar-refractivity contribution in [1.29, 1.82) is 0 Å². The fourth-order valence-electron chi connectivity index (χ4n) is 1.53. The maximum absolute atomic E-state index is 11.7. The van der Waals surface area contributed by atoms with E-state index in [1.165, 1.54) is 0 Å². The van der Waals surface area contributed by atoms with Crippen LogP contribution in [-0.4, -0.2) is 11.4 Å². The molecule has 0 unspecified atom stereocenters. The smallest absolute Gasteiger partial charge is 0.240 e. The van der Waals surface area contributed by atoms with Gasteiger partial charge in [-0.2, -0.15) is 0 Å². The normalized spacial score (nSPS) is 19.3. The second kappa shape index (κ2) is 3.66. The van der Waals surface area contributed by atoms with E-state index in [1.807, 2.05) is 37.3 Å². The van der Waals surface area contributed by atoms with E-state index in [-0.39, 0.29) is 11.9 Å². The summed E-state index contributed by atoms with van der Waals surface area (Å²) in [5.41, 5.74) is 6.33. The molecule has 1 amide bonds. The molecule has 2 rings (SSSR count). The molecule has 3 heteroatoms. The van der Waals surface area contributed by atoms with Gasteiger partial charge in [-0.3, -0.25) is 4.79 Å². The highest BCUT2D eigenvalue weighted by atomic mass is 16.2. The SMILES string of the molecule is C[C@H](NC(=O)C1(N)CC1)c1ccccc1. The molecule has 0 radical (unpaired) electrons. The van der Waals surface area contributed by atoms with E-state index < -0.39 is 5.54 Å². The Kier molecular flexibility index (Phi) is 2.49. The van der Waals surface area contributed by atoms with Crippen LogP contribution < -0.4 is 11.1 Å². The number of rotatable bonds is 3. The summed E-state index contributed by atoms with van der Waals surface area (Å²) in [5, 5.41) is 2.93. The van der Waals surface area contributed by atoms with E-state index in [4.69, 9.17) is 5.73 Å². The fourth-order valence-corrected chi connectivity index (χ4v) is 1.53. The van der Waals surface area contributed by atoms with Crippen molar-refractivity contribution in [3.8, 4) is 0 Å². The van der Waals surface area contributed by atoms with Crippen LogP contribution in [0.25, 0.3) is 0 Å². The summed E-state index contributed by atoms with van der Waals surface area (Å²) in [5.74, 6) is -0.0288. The highest BCUT2D eigenvalue weighted by molar-refractivity contribution is 5.89. The van der Waals surface area contributed by atoms with Gasteiger partial charge in [0, 0.05) is 0 Å². The number of benzene rings is 1. The van der Waals surface area contributed by atoms with Crippen molar-refractivity contribution in [2.75, 3.05) is 0 Å². The zero-order valence-electron chi connectivity index (χ0n) is 8.86. The number of hydrogen-bond acceptors (Lipinski definition) is 2. The third-order valence-electron chi connectivity index (χ3n) is 2.89. The lowest BCUT2D eigenvalue weighted by molar-refractivity contribution is -0.123. The van der Waals surface area contributed by atoms with Gasteiger partial charge in [-0.1, -0.05) is 30.3 Å². The Morgan fingerprint density at radius 3 is 2.53 bits per heavy atom. The molecule has 1 fully saturated rings.